The molecule has 1 aliphatic rings. The van der Waals surface area contributed by atoms with Crippen LogP contribution in [0.1, 0.15) is 18.4 Å². The summed E-state index contributed by atoms with van der Waals surface area (Å²) < 4.78 is 10.6. The zero-order valence-corrected chi connectivity index (χ0v) is 9.03. The Hall–Kier alpha value is -1.06. The van der Waals surface area contributed by atoms with E-state index in [1.807, 2.05) is 24.3 Å². The molecule has 0 heterocycles. The maximum absolute atomic E-state index is 5.91. The number of ether oxygens (including phenoxy) is 2. The molecule has 1 saturated carbocycles. The van der Waals surface area contributed by atoms with Gasteiger partial charge in [-0.25, -0.2) is 0 Å². The second kappa shape index (κ2) is 4.21. The minimum absolute atomic E-state index is 0.0214. The van der Waals surface area contributed by atoms with Crippen LogP contribution in [0.5, 0.6) is 5.75 Å². The maximum atomic E-state index is 5.91. The van der Waals surface area contributed by atoms with Crippen molar-refractivity contribution in [3.8, 4) is 5.75 Å². The molecule has 1 fully saturated rings. The molecule has 0 bridgehead atoms. The van der Waals surface area contributed by atoms with Crippen LogP contribution >= 0.6 is 0 Å². The van der Waals surface area contributed by atoms with E-state index in [0.29, 0.717) is 13.2 Å². The predicted octanol–water partition coefficient (Wildman–Crippen LogP) is 1.70. The third-order valence-corrected chi connectivity index (χ3v) is 2.71. The average Bonchev–Trinajstić information content (AvgIpc) is 2.98. The Balaban J connectivity index is 1.77. The fourth-order valence-corrected chi connectivity index (χ4v) is 1.40. The first-order valence-corrected chi connectivity index (χ1v) is 5.21. The topological polar surface area (TPSA) is 44.5 Å². The number of rotatable bonds is 5. The Morgan fingerprint density at radius 2 is 1.93 bits per heavy atom. The Labute approximate surface area is 90.2 Å². The fourth-order valence-electron chi connectivity index (χ4n) is 1.40. The lowest BCUT2D eigenvalue weighted by molar-refractivity contribution is 0.102. The van der Waals surface area contributed by atoms with Crippen LogP contribution in [0.3, 0.4) is 0 Å². The van der Waals surface area contributed by atoms with E-state index < -0.39 is 0 Å². The summed E-state index contributed by atoms with van der Waals surface area (Å²) >= 11 is 0. The smallest absolute Gasteiger partial charge is 0.118 e. The van der Waals surface area contributed by atoms with E-state index in [1.165, 1.54) is 0 Å². The molecule has 82 valence electrons. The summed E-state index contributed by atoms with van der Waals surface area (Å²) in [6.07, 6.45) is 2.19. The third kappa shape index (κ3) is 2.94. The largest absolute Gasteiger partial charge is 0.497 e. The molecule has 0 aliphatic heterocycles. The monoisotopic (exact) mass is 207 g/mol. The Morgan fingerprint density at radius 3 is 2.47 bits per heavy atom. The molecule has 0 saturated heterocycles. The zero-order valence-electron chi connectivity index (χ0n) is 9.03. The normalized spacial score (nSPS) is 17.5. The standard InChI is InChI=1S/C12H17NO2/c1-14-11-4-2-10(3-5-11)8-15-9-12(13)6-7-12/h2-5H,6-9,13H2,1H3. The third-order valence-electron chi connectivity index (χ3n) is 2.71. The van der Waals surface area contributed by atoms with Crippen LogP contribution in [0.25, 0.3) is 0 Å². The van der Waals surface area contributed by atoms with Gasteiger partial charge in [0, 0.05) is 5.54 Å². The molecule has 2 N–H and O–H groups in total. The van der Waals surface area contributed by atoms with E-state index in [9.17, 15) is 0 Å². The van der Waals surface area contributed by atoms with E-state index in [1.54, 1.807) is 7.11 Å². The quantitative estimate of drug-likeness (QED) is 0.799. The molecule has 0 atom stereocenters. The number of nitrogens with two attached hydrogens (primary N) is 1. The van der Waals surface area contributed by atoms with Gasteiger partial charge in [0.15, 0.2) is 0 Å². The number of benzene rings is 1. The Kier molecular flexibility index (Phi) is 2.93. The molecule has 15 heavy (non-hydrogen) atoms. The second-order valence-electron chi connectivity index (χ2n) is 4.20. The first kappa shape index (κ1) is 10.5. The van der Waals surface area contributed by atoms with Crippen molar-refractivity contribution in [2.75, 3.05) is 13.7 Å². The number of methoxy groups -OCH3 is 1. The van der Waals surface area contributed by atoms with Crippen LogP contribution < -0.4 is 10.5 Å². The van der Waals surface area contributed by atoms with Gasteiger partial charge in [-0.15, -0.1) is 0 Å². The second-order valence-corrected chi connectivity index (χ2v) is 4.20. The van der Waals surface area contributed by atoms with Gasteiger partial charge in [0.1, 0.15) is 5.75 Å². The summed E-state index contributed by atoms with van der Waals surface area (Å²) in [4.78, 5) is 0. The van der Waals surface area contributed by atoms with E-state index in [-0.39, 0.29) is 5.54 Å². The van der Waals surface area contributed by atoms with E-state index >= 15 is 0 Å². The van der Waals surface area contributed by atoms with Crippen molar-refractivity contribution in [2.45, 2.75) is 25.0 Å². The van der Waals surface area contributed by atoms with Crippen molar-refractivity contribution in [1.29, 1.82) is 0 Å². The van der Waals surface area contributed by atoms with Gasteiger partial charge in [-0.2, -0.15) is 0 Å². The molecule has 0 aromatic heterocycles. The molecule has 0 unspecified atom stereocenters. The summed E-state index contributed by atoms with van der Waals surface area (Å²) in [5.41, 5.74) is 7.04. The fraction of sp³-hybridized carbons (Fsp3) is 0.500. The van der Waals surface area contributed by atoms with Crippen LogP contribution in [0, 0.1) is 0 Å². The lowest BCUT2D eigenvalue weighted by atomic mass is 10.2. The molecule has 2 rings (SSSR count). The van der Waals surface area contributed by atoms with Crippen molar-refractivity contribution in [1.82, 2.24) is 0 Å². The van der Waals surface area contributed by atoms with Crippen molar-refractivity contribution in [3.63, 3.8) is 0 Å². The highest BCUT2D eigenvalue weighted by Crippen LogP contribution is 2.32. The van der Waals surface area contributed by atoms with Crippen LogP contribution in [0.4, 0.5) is 0 Å². The summed E-state index contributed by atoms with van der Waals surface area (Å²) in [5, 5.41) is 0. The summed E-state index contributed by atoms with van der Waals surface area (Å²) in [6, 6.07) is 7.89. The first-order chi connectivity index (χ1) is 7.22. The van der Waals surface area contributed by atoms with E-state index in [2.05, 4.69) is 0 Å². The summed E-state index contributed by atoms with van der Waals surface area (Å²) in [7, 11) is 1.66. The first-order valence-electron chi connectivity index (χ1n) is 5.21. The molecule has 0 radical (unpaired) electrons. The zero-order chi connectivity index (χ0) is 10.7. The highest BCUT2D eigenvalue weighted by atomic mass is 16.5. The van der Waals surface area contributed by atoms with Crippen LogP contribution in [-0.4, -0.2) is 19.3 Å². The van der Waals surface area contributed by atoms with Crippen molar-refractivity contribution >= 4 is 0 Å². The highest BCUT2D eigenvalue weighted by Gasteiger charge is 2.38. The van der Waals surface area contributed by atoms with E-state index in [4.69, 9.17) is 15.2 Å². The van der Waals surface area contributed by atoms with Crippen LogP contribution in [-0.2, 0) is 11.3 Å². The number of hydrogen-bond acceptors (Lipinski definition) is 3. The lowest BCUT2D eigenvalue weighted by Crippen LogP contribution is -2.27. The molecular formula is C12H17NO2. The molecule has 3 heteroatoms. The molecule has 0 spiro atoms. The van der Waals surface area contributed by atoms with E-state index in [0.717, 1.165) is 24.2 Å². The Morgan fingerprint density at radius 1 is 1.27 bits per heavy atom. The Bertz CT molecular complexity index is 317. The summed E-state index contributed by atoms with van der Waals surface area (Å²) in [5.74, 6) is 0.872. The van der Waals surface area contributed by atoms with Gasteiger partial charge in [0.2, 0.25) is 0 Å². The minimum Gasteiger partial charge on any atom is -0.497 e. The summed E-state index contributed by atoms with van der Waals surface area (Å²) in [6.45, 7) is 1.29. The van der Waals surface area contributed by atoms with Gasteiger partial charge >= 0.3 is 0 Å². The maximum Gasteiger partial charge on any atom is 0.118 e. The van der Waals surface area contributed by atoms with Gasteiger partial charge in [-0.05, 0) is 30.5 Å². The molecule has 1 aromatic carbocycles. The molecule has 1 aliphatic carbocycles. The van der Waals surface area contributed by atoms with Crippen LogP contribution in [0.2, 0.25) is 0 Å². The van der Waals surface area contributed by atoms with Gasteiger partial charge in [0.05, 0.1) is 20.3 Å². The molecule has 3 nitrogen and oxygen atoms in total. The molecule has 0 amide bonds. The highest BCUT2D eigenvalue weighted by molar-refractivity contribution is 5.26. The van der Waals surface area contributed by atoms with Crippen molar-refractivity contribution in [2.24, 2.45) is 5.73 Å². The lowest BCUT2D eigenvalue weighted by Gasteiger charge is -2.09. The van der Waals surface area contributed by atoms with Crippen molar-refractivity contribution in [3.05, 3.63) is 29.8 Å². The molecule has 1 aromatic rings. The average molecular weight is 207 g/mol. The van der Waals surface area contributed by atoms with Gasteiger partial charge in [0.25, 0.3) is 0 Å². The van der Waals surface area contributed by atoms with Crippen LogP contribution in [0.15, 0.2) is 24.3 Å². The predicted molar refractivity (Wildman–Crippen MR) is 58.8 cm³/mol. The van der Waals surface area contributed by atoms with Gasteiger partial charge in [-0.3, -0.25) is 0 Å². The molecular weight excluding hydrogens is 190 g/mol. The van der Waals surface area contributed by atoms with Crippen molar-refractivity contribution < 1.29 is 9.47 Å². The SMILES string of the molecule is COc1ccc(COCC2(N)CC2)cc1. The number of hydrogen-bond donors (Lipinski definition) is 1. The van der Waals surface area contributed by atoms with Gasteiger partial charge in [-0.1, -0.05) is 12.1 Å². The van der Waals surface area contributed by atoms with Gasteiger partial charge < -0.3 is 15.2 Å². The minimum atomic E-state index is -0.0214.